The number of pyridine rings is 1. The second kappa shape index (κ2) is 4.58. The van der Waals surface area contributed by atoms with Crippen LogP contribution in [-0.4, -0.2) is 29.8 Å². The van der Waals surface area contributed by atoms with Crippen LogP contribution in [-0.2, 0) is 0 Å². The lowest BCUT2D eigenvalue weighted by Gasteiger charge is -2.20. The van der Waals surface area contributed by atoms with Gasteiger partial charge in [-0.2, -0.15) is 0 Å². The van der Waals surface area contributed by atoms with Crippen molar-refractivity contribution in [2.75, 3.05) is 24.6 Å². The van der Waals surface area contributed by atoms with E-state index in [0.717, 1.165) is 30.7 Å². The van der Waals surface area contributed by atoms with E-state index in [2.05, 4.69) is 34.1 Å². The molecule has 1 aromatic carbocycles. The molecule has 1 aliphatic rings. The molecule has 0 saturated carbocycles. The van der Waals surface area contributed by atoms with Crippen LogP contribution < -0.4 is 4.90 Å². The number of aryl methyl sites for hydroxylation is 1. The molecule has 1 fully saturated rings. The van der Waals surface area contributed by atoms with E-state index in [9.17, 15) is 5.11 Å². The SMILES string of the molecule is Cc1ccc2cccc(N3CCC(CO)C3)c2n1. The number of aromatic nitrogens is 1. The fraction of sp³-hybridized carbons (Fsp3) is 0.400. The van der Waals surface area contributed by atoms with E-state index < -0.39 is 0 Å². The number of benzene rings is 1. The molecular weight excluding hydrogens is 224 g/mol. The Balaban J connectivity index is 2.04. The molecule has 1 aliphatic heterocycles. The van der Waals surface area contributed by atoms with Gasteiger partial charge in [0.1, 0.15) is 0 Å². The minimum Gasteiger partial charge on any atom is -0.396 e. The number of hydrogen-bond donors (Lipinski definition) is 1. The minimum absolute atomic E-state index is 0.285. The number of para-hydroxylation sites is 1. The van der Waals surface area contributed by atoms with Gasteiger partial charge in [-0.25, -0.2) is 0 Å². The topological polar surface area (TPSA) is 36.4 Å². The van der Waals surface area contributed by atoms with Gasteiger partial charge in [0.05, 0.1) is 11.2 Å². The van der Waals surface area contributed by atoms with E-state index in [1.165, 1.54) is 11.1 Å². The zero-order valence-electron chi connectivity index (χ0n) is 10.6. The number of nitrogens with zero attached hydrogens (tertiary/aromatic N) is 2. The molecule has 94 valence electrons. The third kappa shape index (κ3) is 1.95. The van der Waals surface area contributed by atoms with Crippen LogP contribution in [0.5, 0.6) is 0 Å². The van der Waals surface area contributed by atoms with Crippen molar-refractivity contribution in [2.24, 2.45) is 5.92 Å². The minimum atomic E-state index is 0.285. The second-order valence-corrected chi connectivity index (χ2v) is 5.08. The predicted octanol–water partition coefficient (Wildman–Crippen LogP) is 2.36. The van der Waals surface area contributed by atoms with E-state index in [1.807, 2.05) is 13.0 Å². The molecule has 18 heavy (non-hydrogen) atoms. The fourth-order valence-electron chi connectivity index (χ4n) is 2.68. The Hall–Kier alpha value is -1.61. The normalized spacial score (nSPS) is 19.7. The molecule has 2 aromatic rings. The van der Waals surface area contributed by atoms with Crippen LogP contribution in [0.15, 0.2) is 30.3 Å². The molecule has 0 aliphatic carbocycles. The van der Waals surface area contributed by atoms with Gasteiger partial charge in [-0.05, 0) is 25.5 Å². The Bertz CT molecular complexity index is 567. The van der Waals surface area contributed by atoms with Crippen LogP contribution >= 0.6 is 0 Å². The third-order valence-electron chi connectivity index (χ3n) is 3.72. The van der Waals surface area contributed by atoms with Crippen molar-refractivity contribution in [2.45, 2.75) is 13.3 Å². The second-order valence-electron chi connectivity index (χ2n) is 5.08. The maximum absolute atomic E-state index is 9.25. The molecule has 1 atom stereocenters. The summed E-state index contributed by atoms with van der Waals surface area (Å²) in [7, 11) is 0. The average Bonchev–Trinajstić information content (AvgIpc) is 2.86. The summed E-state index contributed by atoms with van der Waals surface area (Å²) in [5, 5.41) is 10.4. The third-order valence-corrected chi connectivity index (χ3v) is 3.72. The zero-order valence-corrected chi connectivity index (χ0v) is 10.6. The van der Waals surface area contributed by atoms with Crippen molar-refractivity contribution >= 4 is 16.6 Å². The molecule has 3 nitrogen and oxygen atoms in total. The van der Waals surface area contributed by atoms with Gasteiger partial charge in [0.2, 0.25) is 0 Å². The predicted molar refractivity (Wildman–Crippen MR) is 73.9 cm³/mol. The van der Waals surface area contributed by atoms with Crippen LogP contribution in [0.3, 0.4) is 0 Å². The molecule has 0 amide bonds. The Labute approximate surface area is 107 Å². The van der Waals surface area contributed by atoms with Crippen LogP contribution in [0.1, 0.15) is 12.1 Å². The summed E-state index contributed by atoms with van der Waals surface area (Å²) in [6, 6.07) is 10.5. The lowest BCUT2D eigenvalue weighted by molar-refractivity contribution is 0.238. The number of fused-ring (bicyclic) bond motifs is 1. The van der Waals surface area contributed by atoms with Gasteiger partial charge < -0.3 is 10.0 Å². The molecule has 0 radical (unpaired) electrons. The summed E-state index contributed by atoms with van der Waals surface area (Å²) >= 11 is 0. The van der Waals surface area contributed by atoms with E-state index in [1.54, 1.807) is 0 Å². The van der Waals surface area contributed by atoms with Gasteiger partial charge in [-0.15, -0.1) is 0 Å². The fourth-order valence-corrected chi connectivity index (χ4v) is 2.68. The first-order valence-corrected chi connectivity index (χ1v) is 6.50. The van der Waals surface area contributed by atoms with Gasteiger partial charge in [0.25, 0.3) is 0 Å². The summed E-state index contributed by atoms with van der Waals surface area (Å²) in [6.45, 7) is 4.26. The first-order valence-electron chi connectivity index (χ1n) is 6.50. The molecule has 1 saturated heterocycles. The summed E-state index contributed by atoms with van der Waals surface area (Å²) in [6.07, 6.45) is 1.07. The van der Waals surface area contributed by atoms with Crippen LogP contribution in [0, 0.1) is 12.8 Å². The van der Waals surface area contributed by atoms with Crippen LogP contribution in [0.25, 0.3) is 10.9 Å². The monoisotopic (exact) mass is 242 g/mol. The van der Waals surface area contributed by atoms with Crippen molar-refractivity contribution in [3.63, 3.8) is 0 Å². The van der Waals surface area contributed by atoms with Gasteiger partial charge >= 0.3 is 0 Å². The number of aliphatic hydroxyl groups excluding tert-OH is 1. The summed E-state index contributed by atoms with van der Waals surface area (Å²) in [4.78, 5) is 7.01. The van der Waals surface area contributed by atoms with E-state index in [0.29, 0.717) is 5.92 Å². The van der Waals surface area contributed by atoms with Crippen LogP contribution in [0.4, 0.5) is 5.69 Å². The maximum atomic E-state index is 9.25. The molecule has 1 unspecified atom stereocenters. The first-order chi connectivity index (χ1) is 8.78. The highest BCUT2D eigenvalue weighted by molar-refractivity contribution is 5.91. The lowest BCUT2D eigenvalue weighted by Crippen LogP contribution is -2.21. The number of anilines is 1. The lowest BCUT2D eigenvalue weighted by atomic mass is 10.1. The van der Waals surface area contributed by atoms with E-state index in [-0.39, 0.29) is 6.61 Å². The van der Waals surface area contributed by atoms with Gasteiger partial charge in [-0.1, -0.05) is 18.2 Å². The molecule has 2 heterocycles. The molecule has 3 heteroatoms. The number of rotatable bonds is 2. The Morgan fingerprint density at radius 1 is 1.33 bits per heavy atom. The molecule has 0 spiro atoms. The standard InChI is InChI=1S/C15H18N2O/c1-11-5-6-13-3-2-4-14(15(13)16-11)17-8-7-12(9-17)10-18/h2-6,12,18H,7-10H2,1H3. The Morgan fingerprint density at radius 3 is 3.00 bits per heavy atom. The highest BCUT2D eigenvalue weighted by Gasteiger charge is 2.23. The van der Waals surface area contributed by atoms with E-state index >= 15 is 0 Å². The highest BCUT2D eigenvalue weighted by atomic mass is 16.3. The Kier molecular flexibility index (Phi) is 2.92. The van der Waals surface area contributed by atoms with Crippen molar-refractivity contribution in [1.29, 1.82) is 0 Å². The quantitative estimate of drug-likeness (QED) is 0.878. The maximum Gasteiger partial charge on any atom is 0.0938 e. The van der Waals surface area contributed by atoms with Crippen molar-refractivity contribution in [3.8, 4) is 0 Å². The zero-order chi connectivity index (χ0) is 12.5. The summed E-state index contributed by atoms with van der Waals surface area (Å²) in [5.74, 6) is 0.407. The van der Waals surface area contributed by atoms with E-state index in [4.69, 9.17) is 0 Å². The summed E-state index contributed by atoms with van der Waals surface area (Å²) < 4.78 is 0. The molecule has 0 bridgehead atoms. The highest BCUT2D eigenvalue weighted by Crippen LogP contribution is 2.29. The van der Waals surface area contributed by atoms with Crippen molar-refractivity contribution < 1.29 is 5.11 Å². The number of aliphatic hydroxyl groups is 1. The molecular formula is C15H18N2O. The van der Waals surface area contributed by atoms with Crippen LogP contribution in [0.2, 0.25) is 0 Å². The smallest absolute Gasteiger partial charge is 0.0938 e. The molecule has 3 rings (SSSR count). The number of hydrogen-bond acceptors (Lipinski definition) is 3. The van der Waals surface area contributed by atoms with Crippen molar-refractivity contribution in [1.82, 2.24) is 4.98 Å². The summed E-state index contributed by atoms with van der Waals surface area (Å²) in [5.41, 5.74) is 3.33. The molecule has 1 N–H and O–H groups in total. The van der Waals surface area contributed by atoms with Gasteiger partial charge in [0.15, 0.2) is 0 Å². The Morgan fingerprint density at radius 2 is 2.22 bits per heavy atom. The average molecular weight is 242 g/mol. The first kappa shape index (κ1) is 11.5. The van der Waals surface area contributed by atoms with Crippen molar-refractivity contribution in [3.05, 3.63) is 36.0 Å². The van der Waals surface area contributed by atoms with Gasteiger partial charge in [-0.3, -0.25) is 4.98 Å². The van der Waals surface area contributed by atoms with Gasteiger partial charge in [0, 0.05) is 36.7 Å². The largest absolute Gasteiger partial charge is 0.396 e. The molecule has 1 aromatic heterocycles.